The Morgan fingerprint density at radius 2 is 1.87 bits per heavy atom. The molecule has 5 nitrogen and oxygen atoms in total. The summed E-state index contributed by atoms with van der Waals surface area (Å²) in [6.45, 7) is 8.05. The number of phenolic OH excluding ortho intramolecular Hbond substituents is 3. The number of aromatic hydroxyl groups is 3. The monoisotopic (exact) mass is 404 g/mol. The molecule has 0 fully saturated rings. The molecule has 2 atom stereocenters. The van der Waals surface area contributed by atoms with Crippen molar-refractivity contribution in [2.24, 2.45) is 5.92 Å². The summed E-state index contributed by atoms with van der Waals surface area (Å²) >= 11 is 0. The van der Waals surface area contributed by atoms with Crippen molar-refractivity contribution >= 4 is 11.0 Å². The van der Waals surface area contributed by atoms with Gasteiger partial charge in [0.2, 0.25) is 5.43 Å². The van der Waals surface area contributed by atoms with Gasteiger partial charge in [0.15, 0.2) is 0 Å². The minimum Gasteiger partial charge on any atom is -0.508 e. The molecule has 0 unspecified atom stereocenters. The predicted molar refractivity (Wildman–Crippen MR) is 117 cm³/mol. The van der Waals surface area contributed by atoms with E-state index < -0.39 is 5.43 Å². The molecule has 0 saturated carbocycles. The molecule has 0 saturated heterocycles. The average Bonchev–Trinajstić information content (AvgIpc) is 2.68. The molecule has 3 aromatic rings. The van der Waals surface area contributed by atoms with Gasteiger partial charge in [0, 0.05) is 17.5 Å². The third-order valence-electron chi connectivity index (χ3n) is 5.95. The molecule has 1 heterocycles. The van der Waals surface area contributed by atoms with Crippen LogP contribution in [0.4, 0.5) is 0 Å². The summed E-state index contributed by atoms with van der Waals surface area (Å²) in [5.74, 6) is -0.513. The van der Waals surface area contributed by atoms with Crippen molar-refractivity contribution in [3.05, 3.63) is 76.2 Å². The van der Waals surface area contributed by atoms with Gasteiger partial charge in [-0.05, 0) is 50.3 Å². The highest BCUT2D eigenvalue weighted by molar-refractivity contribution is 5.90. The van der Waals surface area contributed by atoms with E-state index in [0.29, 0.717) is 11.1 Å². The Balaban J connectivity index is 1.97. The molecule has 154 valence electrons. The van der Waals surface area contributed by atoms with Crippen LogP contribution in [0.15, 0.2) is 69.6 Å². The van der Waals surface area contributed by atoms with Crippen LogP contribution in [0.3, 0.4) is 0 Å². The fourth-order valence-electron chi connectivity index (χ4n) is 4.34. The van der Waals surface area contributed by atoms with Gasteiger partial charge in [0.1, 0.15) is 34.5 Å². The minimum absolute atomic E-state index is 0.0328. The third kappa shape index (κ3) is 3.26. The number of phenols is 3. The molecule has 0 radical (unpaired) electrons. The van der Waals surface area contributed by atoms with E-state index in [1.165, 1.54) is 30.0 Å². The molecule has 0 aliphatic heterocycles. The SMILES string of the molecule is C=C(C)[C@@H]1CCC(C)=C[C@H]1c1c(O)cc2occ(-c3ccc(O)cc3)c(=O)c2c1O. The van der Waals surface area contributed by atoms with Crippen molar-refractivity contribution in [2.75, 3.05) is 0 Å². The highest BCUT2D eigenvalue weighted by atomic mass is 16.3. The van der Waals surface area contributed by atoms with Crippen molar-refractivity contribution < 1.29 is 19.7 Å². The molecule has 0 amide bonds. The second-order valence-corrected chi connectivity index (χ2v) is 8.09. The third-order valence-corrected chi connectivity index (χ3v) is 5.95. The number of hydrogen-bond donors (Lipinski definition) is 3. The highest BCUT2D eigenvalue weighted by Crippen LogP contribution is 2.48. The lowest BCUT2D eigenvalue weighted by Gasteiger charge is -2.31. The van der Waals surface area contributed by atoms with Crippen LogP contribution in [0, 0.1) is 5.92 Å². The van der Waals surface area contributed by atoms with Gasteiger partial charge in [-0.2, -0.15) is 0 Å². The van der Waals surface area contributed by atoms with Crippen LogP contribution in [0.5, 0.6) is 17.2 Å². The lowest BCUT2D eigenvalue weighted by molar-refractivity contribution is 0.408. The fourth-order valence-corrected chi connectivity index (χ4v) is 4.34. The molecule has 3 N–H and O–H groups in total. The zero-order chi connectivity index (χ0) is 21.6. The standard InChI is InChI=1S/C25H24O5/c1-13(2)17-9-4-14(3)10-18(17)22-20(27)11-21-23(25(22)29)24(28)19(12-30-21)15-5-7-16(26)8-6-15/h5-8,10-12,17-18,26-27,29H,1,4,9H2,2-3H3/t17-,18+/m0/s1. The molecule has 30 heavy (non-hydrogen) atoms. The number of benzene rings is 2. The van der Waals surface area contributed by atoms with Crippen LogP contribution in [0.1, 0.15) is 38.2 Å². The Morgan fingerprint density at radius 1 is 1.17 bits per heavy atom. The molecule has 2 aromatic carbocycles. The van der Waals surface area contributed by atoms with Gasteiger partial charge in [0.25, 0.3) is 0 Å². The molecule has 0 spiro atoms. The Hall–Kier alpha value is -3.47. The zero-order valence-electron chi connectivity index (χ0n) is 17.0. The van der Waals surface area contributed by atoms with Gasteiger partial charge in [-0.1, -0.05) is 35.9 Å². The van der Waals surface area contributed by atoms with Crippen LogP contribution in [-0.2, 0) is 0 Å². The first-order valence-corrected chi connectivity index (χ1v) is 9.90. The minimum atomic E-state index is -0.399. The van der Waals surface area contributed by atoms with Crippen molar-refractivity contribution in [1.82, 2.24) is 0 Å². The highest BCUT2D eigenvalue weighted by Gasteiger charge is 2.31. The van der Waals surface area contributed by atoms with Crippen molar-refractivity contribution in [2.45, 2.75) is 32.6 Å². The second kappa shape index (κ2) is 7.41. The van der Waals surface area contributed by atoms with E-state index in [9.17, 15) is 20.1 Å². The largest absolute Gasteiger partial charge is 0.508 e. The van der Waals surface area contributed by atoms with Crippen molar-refractivity contribution in [1.29, 1.82) is 0 Å². The number of allylic oxidation sites excluding steroid dienone is 3. The number of fused-ring (bicyclic) bond motifs is 1. The quantitative estimate of drug-likeness (QED) is 0.495. The number of hydrogen-bond acceptors (Lipinski definition) is 5. The maximum atomic E-state index is 13.3. The van der Waals surface area contributed by atoms with E-state index in [1.807, 2.05) is 19.9 Å². The molecule has 0 bridgehead atoms. The zero-order valence-corrected chi connectivity index (χ0v) is 17.0. The molecule has 1 aliphatic rings. The van der Waals surface area contributed by atoms with Crippen molar-refractivity contribution in [3.8, 4) is 28.4 Å². The van der Waals surface area contributed by atoms with Gasteiger partial charge in [-0.15, -0.1) is 0 Å². The number of rotatable bonds is 3. The summed E-state index contributed by atoms with van der Waals surface area (Å²) in [5, 5.41) is 31.4. The van der Waals surface area contributed by atoms with Crippen LogP contribution < -0.4 is 5.43 Å². The fraction of sp³-hybridized carbons (Fsp3) is 0.240. The first-order chi connectivity index (χ1) is 14.3. The van der Waals surface area contributed by atoms with Gasteiger partial charge < -0.3 is 19.7 Å². The smallest absolute Gasteiger partial charge is 0.204 e. The topological polar surface area (TPSA) is 90.9 Å². The first-order valence-electron chi connectivity index (χ1n) is 9.90. The van der Waals surface area contributed by atoms with Crippen LogP contribution in [-0.4, -0.2) is 15.3 Å². The average molecular weight is 404 g/mol. The predicted octanol–water partition coefficient (Wildman–Crippen LogP) is 5.59. The molecule has 1 aliphatic carbocycles. The maximum Gasteiger partial charge on any atom is 0.204 e. The second-order valence-electron chi connectivity index (χ2n) is 8.09. The van der Waals surface area contributed by atoms with E-state index in [1.54, 1.807) is 12.1 Å². The summed E-state index contributed by atoms with van der Waals surface area (Å²) in [7, 11) is 0. The summed E-state index contributed by atoms with van der Waals surface area (Å²) < 4.78 is 5.59. The molecule has 5 heteroatoms. The van der Waals surface area contributed by atoms with Crippen LogP contribution >= 0.6 is 0 Å². The molecular formula is C25H24O5. The Kier molecular flexibility index (Phi) is 4.90. The van der Waals surface area contributed by atoms with E-state index in [4.69, 9.17) is 4.42 Å². The van der Waals surface area contributed by atoms with Crippen LogP contribution in [0.2, 0.25) is 0 Å². The normalized spacial score (nSPS) is 18.9. The maximum absolute atomic E-state index is 13.3. The first kappa shape index (κ1) is 19.8. The molecule has 1 aromatic heterocycles. The summed E-state index contributed by atoms with van der Waals surface area (Å²) in [6, 6.07) is 7.56. The summed E-state index contributed by atoms with van der Waals surface area (Å²) in [5.41, 5.74) is 3.00. The van der Waals surface area contributed by atoms with E-state index in [0.717, 1.165) is 18.4 Å². The molecule has 4 rings (SSSR count). The van der Waals surface area contributed by atoms with Gasteiger partial charge in [0.05, 0.1) is 5.56 Å². The van der Waals surface area contributed by atoms with E-state index in [-0.39, 0.29) is 45.6 Å². The summed E-state index contributed by atoms with van der Waals surface area (Å²) in [6.07, 6.45) is 5.13. The Bertz CT molecular complexity index is 1230. The lowest BCUT2D eigenvalue weighted by atomic mass is 9.73. The van der Waals surface area contributed by atoms with Gasteiger partial charge in [-0.3, -0.25) is 4.79 Å². The van der Waals surface area contributed by atoms with Crippen LogP contribution in [0.25, 0.3) is 22.1 Å². The Labute approximate surface area is 174 Å². The molecular weight excluding hydrogens is 380 g/mol. The van der Waals surface area contributed by atoms with Gasteiger partial charge in [-0.25, -0.2) is 0 Å². The Morgan fingerprint density at radius 3 is 2.53 bits per heavy atom. The van der Waals surface area contributed by atoms with Crippen molar-refractivity contribution in [3.63, 3.8) is 0 Å². The van der Waals surface area contributed by atoms with E-state index in [2.05, 4.69) is 6.58 Å². The summed E-state index contributed by atoms with van der Waals surface area (Å²) in [4.78, 5) is 13.3. The lowest BCUT2D eigenvalue weighted by Crippen LogP contribution is -2.17. The van der Waals surface area contributed by atoms with E-state index >= 15 is 0 Å². The van der Waals surface area contributed by atoms with Gasteiger partial charge >= 0.3 is 0 Å².